The summed E-state index contributed by atoms with van der Waals surface area (Å²) in [5, 5.41) is 10.3. The Morgan fingerprint density at radius 1 is 1.13 bits per heavy atom. The van der Waals surface area contributed by atoms with Gasteiger partial charge in [0.15, 0.2) is 0 Å². The van der Waals surface area contributed by atoms with Crippen molar-refractivity contribution in [1.29, 1.82) is 0 Å². The lowest BCUT2D eigenvalue weighted by molar-refractivity contribution is -0.140. The molecule has 0 radical (unpaired) electrons. The number of aliphatic hydroxyl groups excluding tert-OH is 1. The lowest BCUT2D eigenvalue weighted by Gasteiger charge is -2.19. The third kappa shape index (κ3) is 9.31. The minimum atomic E-state index is -0.304. The lowest BCUT2D eigenvalue weighted by Crippen LogP contribution is -2.26. The van der Waals surface area contributed by atoms with Gasteiger partial charge in [0.1, 0.15) is 0 Å². The Hall–Kier alpha value is -0.610. The summed E-state index contributed by atoms with van der Waals surface area (Å²) in [6, 6.07) is 0. The van der Waals surface area contributed by atoms with Gasteiger partial charge < -0.3 is 14.6 Å². The molecule has 1 heterocycles. The van der Waals surface area contributed by atoms with Gasteiger partial charge in [-0.25, -0.2) is 0 Å². The third-order valence-corrected chi connectivity index (χ3v) is 4.81. The van der Waals surface area contributed by atoms with Crippen LogP contribution in [0.5, 0.6) is 0 Å². The van der Waals surface area contributed by atoms with Crippen LogP contribution in [0.2, 0.25) is 0 Å². The summed E-state index contributed by atoms with van der Waals surface area (Å²) >= 11 is 0. The molecule has 0 spiro atoms. The van der Waals surface area contributed by atoms with E-state index in [1.807, 2.05) is 0 Å². The quantitative estimate of drug-likeness (QED) is 0.403. The van der Waals surface area contributed by atoms with E-state index >= 15 is 0 Å². The van der Waals surface area contributed by atoms with Crippen molar-refractivity contribution in [2.45, 2.75) is 109 Å². The van der Waals surface area contributed by atoms with Crippen LogP contribution in [0.4, 0.5) is 0 Å². The van der Waals surface area contributed by atoms with Crippen LogP contribution >= 0.6 is 0 Å². The van der Waals surface area contributed by atoms with Crippen LogP contribution in [0.15, 0.2) is 0 Å². The highest BCUT2D eigenvalue weighted by Crippen LogP contribution is 2.27. The molecule has 0 aromatic rings. The molecule has 1 aliphatic heterocycles. The number of methoxy groups -OCH3 is 1. The highest BCUT2D eigenvalue weighted by Gasteiger charge is 2.29. The van der Waals surface area contributed by atoms with Gasteiger partial charge in [0.2, 0.25) is 0 Å². The number of carbonyl (C=O) groups is 1. The standard InChI is InChI=1S/C19H36O4/c1-3-4-8-11-16-14-15-18(23-16)17(20)12-9-6-5-7-10-13-19(21)22-2/h16-18,20H,3-15H2,1-2H3. The molecule has 23 heavy (non-hydrogen) atoms. The van der Waals surface area contributed by atoms with Crippen LogP contribution in [0.3, 0.4) is 0 Å². The fourth-order valence-corrected chi connectivity index (χ4v) is 3.29. The van der Waals surface area contributed by atoms with Crippen molar-refractivity contribution in [3.05, 3.63) is 0 Å². The first-order valence-electron chi connectivity index (χ1n) is 9.57. The first-order valence-corrected chi connectivity index (χ1v) is 9.57. The van der Waals surface area contributed by atoms with Gasteiger partial charge in [-0.2, -0.15) is 0 Å². The molecule has 0 saturated carbocycles. The third-order valence-electron chi connectivity index (χ3n) is 4.81. The number of rotatable bonds is 13. The molecule has 0 aromatic carbocycles. The second-order valence-electron chi connectivity index (χ2n) is 6.82. The molecule has 4 nitrogen and oxygen atoms in total. The van der Waals surface area contributed by atoms with Crippen LogP contribution in [0.25, 0.3) is 0 Å². The summed E-state index contributed by atoms with van der Waals surface area (Å²) in [7, 11) is 1.43. The van der Waals surface area contributed by atoms with Gasteiger partial charge in [0.05, 0.1) is 25.4 Å². The first kappa shape index (κ1) is 20.4. The van der Waals surface area contributed by atoms with E-state index < -0.39 is 0 Å². The molecule has 0 bridgehead atoms. The normalized spacial score (nSPS) is 22.2. The van der Waals surface area contributed by atoms with E-state index in [1.165, 1.54) is 26.4 Å². The number of aliphatic hydroxyl groups is 1. The van der Waals surface area contributed by atoms with Crippen LogP contribution in [-0.2, 0) is 14.3 Å². The summed E-state index contributed by atoms with van der Waals surface area (Å²) in [6.45, 7) is 2.22. The summed E-state index contributed by atoms with van der Waals surface area (Å²) in [5.41, 5.74) is 0. The predicted octanol–water partition coefficient (Wildman–Crippen LogP) is 4.38. The monoisotopic (exact) mass is 328 g/mol. The molecule has 136 valence electrons. The average Bonchev–Trinajstić information content (AvgIpc) is 3.02. The Morgan fingerprint density at radius 3 is 2.61 bits per heavy atom. The maximum Gasteiger partial charge on any atom is 0.305 e. The summed E-state index contributed by atoms with van der Waals surface area (Å²) in [6.07, 6.45) is 13.8. The summed E-state index contributed by atoms with van der Waals surface area (Å²) in [5.74, 6) is -0.118. The van der Waals surface area contributed by atoms with Crippen molar-refractivity contribution in [3.63, 3.8) is 0 Å². The zero-order chi connectivity index (χ0) is 16.9. The highest BCUT2D eigenvalue weighted by molar-refractivity contribution is 5.68. The van der Waals surface area contributed by atoms with Gasteiger partial charge in [-0.1, -0.05) is 51.9 Å². The number of hydrogen-bond acceptors (Lipinski definition) is 4. The minimum Gasteiger partial charge on any atom is -0.469 e. The minimum absolute atomic E-state index is 0.0564. The molecule has 0 aliphatic carbocycles. The van der Waals surface area contributed by atoms with Crippen LogP contribution < -0.4 is 0 Å². The topological polar surface area (TPSA) is 55.8 Å². The molecule has 1 N–H and O–H groups in total. The van der Waals surface area contributed by atoms with Crippen molar-refractivity contribution in [2.24, 2.45) is 0 Å². The van der Waals surface area contributed by atoms with E-state index in [1.54, 1.807) is 0 Å². The summed E-state index contributed by atoms with van der Waals surface area (Å²) < 4.78 is 10.6. The van der Waals surface area contributed by atoms with Crippen molar-refractivity contribution in [1.82, 2.24) is 0 Å². The Morgan fingerprint density at radius 2 is 1.87 bits per heavy atom. The second kappa shape index (κ2) is 12.8. The van der Waals surface area contributed by atoms with E-state index in [4.69, 9.17) is 4.74 Å². The molecular weight excluding hydrogens is 292 g/mol. The van der Waals surface area contributed by atoms with Crippen molar-refractivity contribution in [2.75, 3.05) is 7.11 Å². The summed E-state index contributed by atoms with van der Waals surface area (Å²) in [4.78, 5) is 11.0. The maximum atomic E-state index is 11.0. The van der Waals surface area contributed by atoms with Crippen LogP contribution in [-0.4, -0.2) is 36.5 Å². The predicted molar refractivity (Wildman–Crippen MR) is 92.4 cm³/mol. The molecule has 4 heteroatoms. The molecular formula is C19H36O4. The number of carbonyl (C=O) groups excluding carboxylic acids is 1. The average molecular weight is 328 g/mol. The van der Waals surface area contributed by atoms with Gasteiger partial charge in [0, 0.05) is 6.42 Å². The molecule has 1 rings (SSSR count). The molecule has 3 atom stereocenters. The lowest BCUT2D eigenvalue weighted by atomic mass is 10.0. The van der Waals surface area contributed by atoms with Crippen molar-refractivity contribution < 1.29 is 19.4 Å². The zero-order valence-corrected chi connectivity index (χ0v) is 15.1. The van der Waals surface area contributed by atoms with E-state index in [0.29, 0.717) is 12.5 Å². The number of esters is 1. The van der Waals surface area contributed by atoms with Gasteiger partial charge in [-0.3, -0.25) is 4.79 Å². The van der Waals surface area contributed by atoms with Crippen LogP contribution in [0.1, 0.15) is 90.4 Å². The van der Waals surface area contributed by atoms with Gasteiger partial charge in [0.25, 0.3) is 0 Å². The largest absolute Gasteiger partial charge is 0.469 e. The smallest absolute Gasteiger partial charge is 0.305 e. The Bertz CT molecular complexity index is 306. The molecule has 0 aromatic heterocycles. The zero-order valence-electron chi connectivity index (χ0n) is 15.1. The highest BCUT2D eigenvalue weighted by atomic mass is 16.5. The van der Waals surface area contributed by atoms with Gasteiger partial charge >= 0.3 is 5.97 Å². The number of unbranched alkanes of at least 4 members (excludes halogenated alkanes) is 6. The van der Waals surface area contributed by atoms with E-state index in [2.05, 4.69) is 11.7 Å². The Kier molecular flexibility index (Phi) is 11.3. The maximum absolute atomic E-state index is 11.0. The SMILES string of the molecule is CCCCCC1CCC(C(O)CCCCCCCC(=O)OC)O1. The molecule has 1 saturated heterocycles. The molecule has 1 aliphatic rings. The van der Waals surface area contributed by atoms with Crippen molar-refractivity contribution >= 4 is 5.97 Å². The first-order chi connectivity index (χ1) is 11.2. The fourth-order valence-electron chi connectivity index (χ4n) is 3.29. The Balaban J connectivity index is 1.98. The van der Waals surface area contributed by atoms with Crippen LogP contribution in [0, 0.1) is 0 Å². The van der Waals surface area contributed by atoms with Crippen molar-refractivity contribution in [3.8, 4) is 0 Å². The molecule has 3 unspecified atom stereocenters. The van der Waals surface area contributed by atoms with E-state index in [0.717, 1.165) is 57.8 Å². The fraction of sp³-hybridized carbons (Fsp3) is 0.947. The van der Waals surface area contributed by atoms with E-state index in [9.17, 15) is 9.90 Å². The molecule has 1 fully saturated rings. The Labute approximate surface area is 141 Å². The van der Waals surface area contributed by atoms with Gasteiger partial charge in [-0.15, -0.1) is 0 Å². The number of hydrogen-bond donors (Lipinski definition) is 1. The van der Waals surface area contributed by atoms with E-state index in [-0.39, 0.29) is 18.2 Å². The second-order valence-corrected chi connectivity index (χ2v) is 6.82. The molecule has 0 amide bonds. The van der Waals surface area contributed by atoms with Gasteiger partial charge in [-0.05, 0) is 32.1 Å². The number of ether oxygens (including phenoxy) is 2.